The summed E-state index contributed by atoms with van der Waals surface area (Å²) < 4.78 is 5.38. The van der Waals surface area contributed by atoms with Crippen molar-refractivity contribution < 1.29 is 4.74 Å². The molecule has 2 aliphatic heterocycles. The molecule has 2 fully saturated rings. The normalized spacial score (nSPS) is 18.6. The maximum absolute atomic E-state index is 5.38. The second-order valence-electron chi connectivity index (χ2n) is 10.4. The minimum absolute atomic E-state index is 0.634. The lowest BCUT2D eigenvalue weighted by atomic mass is 10.0. The molecule has 188 valence electrons. The molecule has 6 heteroatoms. The van der Waals surface area contributed by atoms with Gasteiger partial charge in [-0.2, -0.15) is 0 Å². The Morgan fingerprint density at radius 3 is 2.51 bits per heavy atom. The zero-order valence-corrected chi connectivity index (χ0v) is 21.6. The van der Waals surface area contributed by atoms with Crippen molar-refractivity contribution in [3.8, 4) is 17.0 Å². The van der Waals surface area contributed by atoms with Crippen molar-refractivity contribution in [1.82, 2.24) is 20.1 Å². The molecule has 0 saturated carbocycles. The van der Waals surface area contributed by atoms with Crippen LogP contribution in [0.25, 0.3) is 22.2 Å². The summed E-state index contributed by atoms with van der Waals surface area (Å²) in [6, 6.07) is 18.7. The van der Waals surface area contributed by atoms with E-state index >= 15 is 0 Å². The number of aromatic amines is 1. The second-order valence-corrected chi connectivity index (χ2v) is 10.4. The fourth-order valence-corrected chi connectivity index (χ4v) is 5.54. The van der Waals surface area contributed by atoms with Gasteiger partial charge in [0.1, 0.15) is 5.75 Å². The molecule has 1 aromatic heterocycles. The highest BCUT2D eigenvalue weighted by Crippen LogP contribution is 2.30. The number of aromatic nitrogens is 1. The van der Waals surface area contributed by atoms with Crippen molar-refractivity contribution in [3.05, 3.63) is 48.5 Å². The minimum atomic E-state index is 0.634. The third-order valence-electron chi connectivity index (χ3n) is 7.84. The molecule has 2 aliphatic rings. The summed E-state index contributed by atoms with van der Waals surface area (Å²) in [5, 5.41) is 5.02. The molecular formula is C29H41N5O. The molecule has 5 rings (SSSR count). The van der Waals surface area contributed by atoms with Gasteiger partial charge in [0.05, 0.1) is 7.11 Å². The van der Waals surface area contributed by atoms with Crippen molar-refractivity contribution in [2.45, 2.75) is 38.8 Å². The van der Waals surface area contributed by atoms with Crippen molar-refractivity contribution in [3.63, 3.8) is 0 Å². The third kappa shape index (κ3) is 5.83. The predicted molar refractivity (Wildman–Crippen MR) is 147 cm³/mol. The lowest BCUT2D eigenvalue weighted by Gasteiger charge is -2.37. The number of benzene rings is 2. The summed E-state index contributed by atoms with van der Waals surface area (Å²) in [6.07, 6.45) is 2.41. The third-order valence-corrected chi connectivity index (χ3v) is 7.84. The van der Waals surface area contributed by atoms with E-state index < -0.39 is 0 Å². The first-order valence-electron chi connectivity index (χ1n) is 13.3. The van der Waals surface area contributed by atoms with Gasteiger partial charge < -0.3 is 19.9 Å². The van der Waals surface area contributed by atoms with Gasteiger partial charge in [-0.05, 0) is 68.7 Å². The lowest BCUT2D eigenvalue weighted by Crippen LogP contribution is -2.51. The van der Waals surface area contributed by atoms with Gasteiger partial charge in [-0.15, -0.1) is 0 Å². The van der Waals surface area contributed by atoms with E-state index in [-0.39, 0.29) is 0 Å². The quantitative estimate of drug-likeness (QED) is 0.505. The lowest BCUT2D eigenvalue weighted by molar-refractivity contribution is 0.108. The number of H-pyrrole nitrogens is 1. The molecule has 35 heavy (non-hydrogen) atoms. The number of fused-ring (bicyclic) bond motifs is 1. The highest BCUT2D eigenvalue weighted by Gasteiger charge is 2.21. The number of hydrogen-bond acceptors (Lipinski definition) is 5. The van der Waals surface area contributed by atoms with Crippen LogP contribution in [0.5, 0.6) is 5.75 Å². The Morgan fingerprint density at radius 2 is 1.77 bits per heavy atom. The van der Waals surface area contributed by atoms with Crippen LogP contribution in [0.2, 0.25) is 0 Å². The number of nitrogens with zero attached hydrogens (tertiary/aromatic N) is 3. The van der Waals surface area contributed by atoms with E-state index in [1.54, 1.807) is 7.11 Å². The molecule has 2 aromatic carbocycles. The number of piperidine rings is 1. The summed E-state index contributed by atoms with van der Waals surface area (Å²) in [6.45, 7) is 13.9. The summed E-state index contributed by atoms with van der Waals surface area (Å²) >= 11 is 0. The average molecular weight is 476 g/mol. The summed E-state index contributed by atoms with van der Waals surface area (Å²) in [7, 11) is 1.71. The molecule has 0 aliphatic carbocycles. The fourth-order valence-electron chi connectivity index (χ4n) is 5.54. The first-order chi connectivity index (χ1) is 17.1. The Hall–Kier alpha value is -2.54. The standard InChI is InChI=1S/C29H41N5O/c1-22(2)33-17-15-32(16-18-33)14-11-30-25-9-12-34(13-10-25)26-6-4-5-23(19-26)29-21-24-20-27(35-3)7-8-28(24)31-29/h4-8,19-22,25,30-31H,9-18H2,1-3H3. The van der Waals surface area contributed by atoms with Crippen LogP contribution in [0, 0.1) is 0 Å². The van der Waals surface area contributed by atoms with Crippen molar-refractivity contribution >= 4 is 16.6 Å². The first-order valence-corrected chi connectivity index (χ1v) is 13.3. The maximum atomic E-state index is 5.38. The molecule has 2 N–H and O–H groups in total. The van der Waals surface area contributed by atoms with Crippen LogP contribution >= 0.6 is 0 Å². The Labute approximate surface area is 210 Å². The van der Waals surface area contributed by atoms with Crippen LogP contribution in [0.3, 0.4) is 0 Å². The molecule has 0 atom stereocenters. The molecule has 0 bridgehead atoms. The number of methoxy groups -OCH3 is 1. The largest absolute Gasteiger partial charge is 0.497 e. The molecule has 6 nitrogen and oxygen atoms in total. The molecular weight excluding hydrogens is 434 g/mol. The van der Waals surface area contributed by atoms with E-state index in [0.29, 0.717) is 12.1 Å². The van der Waals surface area contributed by atoms with Gasteiger partial charge in [-0.1, -0.05) is 12.1 Å². The Morgan fingerprint density at radius 1 is 0.971 bits per heavy atom. The average Bonchev–Trinajstić information content (AvgIpc) is 3.33. The van der Waals surface area contributed by atoms with Crippen molar-refractivity contribution in [2.75, 3.05) is 64.4 Å². The van der Waals surface area contributed by atoms with Gasteiger partial charge in [-0.3, -0.25) is 9.80 Å². The van der Waals surface area contributed by atoms with E-state index in [9.17, 15) is 0 Å². The van der Waals surface area contributed by atoms with Crippen LogP contribution in [0.1, 0.15) is 26.7 Å². The van der Waals surface area contributed by atoms with E-state index in [1.807, 2.05) is 6.07 Å². The molecule has 0 amide bonds. The number of hydrogen-bond donors (Lipinski definition) is 2. The van der Waals surface area contributed by atoms with E-state index in [4.69, 9.17) is 4.74 Å². The summed E-state index contributed by atoms with van der Waals surface area (Å²) in [4.78, 5) is 11.3. The van der Waals surface area contributed by atoms with Gasteiger partial charge in [0.25, 0.3) is 0 Å². The zero-order chi connectivity index (χ0) is 24.2. The minimum Gasteiger partial charge on any atom is -0.497 e. The van der Waals surface area contributed by atoms with E-state index in [0.717, 1.165) is 36.6 Å². The molecule has 0 spiro atoms. The smallest absolute Gasteiger partial charge is 0.119 e. The highest BCUT2D eigenvalue weighted by atomic mass is 16.5. The number of nitrogens with one attached hydrogen (secondary N) is 2. The van der Waals surface area contributed by atoms with Gasteiger partial charge in [0, 0.05) is 86.7 Å². The van der Waals surface area contributed by atoms with Crippen LogP contribution in [-0.4, -0.2) is 86.3 Å². The van der Waals surface area contributed by atoms with Gasteiger partial charge in [-0.25, -0.2) is 0 Å². The monoisotopic (exact) mass is 475 g/mol. The molecule has 3 heterocycles. The molecule has 0 radical (unpaired) electrons. The van der Waals surface area contributed by atoms with Crippen LogP contribution in [0.4, 0.5) is 5.69 Å². The summed E-state index contributed by atoms with van der Waals surface area (Å²) in [5.41, 5.74) is 4.84. The molecule has 0 unspecified atom stereocenters. The molecule has 3 aromatic rings. The van der Waals surface area contributed by atoms with Gasteiger partial charge in [0.15, 0.2) is 0 Å². The Balaban J connectivity index is 1.11. The summed E-state index contributed by atoms with van der Waals surface area (Å²) in [5.74, 6) is 0.891. The topological polar surface area (TPSA) is 46.8 Å². The Kier molecular flexibility index (Phi) is 7.61. The van der Waals surface area contributed by atoms with E-state index in [2.05, 4.69) is 81.3 Å². The fraction of sp³-hybridized carbons (Fsp3) is 0.517. The number of ether oxygens (including phenoxy) is 1. The number of piperazine rings is 1. The van der Waals surface area contributed by atoms with Crippen molar-refractivity contribution in [2.24, 2.45) is 0 Å². The zero-order valence-electron chi connectivity index (χ0n) is 21.6. The molecule has 2 saturated heterocycles. The SMILES string of the molecule is COc1ccc2[nH]c(-c3cccc(N4CCC(NCCN5CCN(C(C)C)CC5)CC4)c3)cc2c1. The van der Waals surface area contributed by atoms with Crippen LogP contribution < -0.4 is 15.0 Å². The predicted octanol–water partition coefficient (Wildman–Crippen LogP) is 4.43. The first kappa shape index (κ1) is 24.2. The maximum Gasteiger partial charge on any atom is 0.119 e. The van der Waals surface area contributed by atoms with E-state index in [1.165, 1.54) is 62.2 Å². The van der Waals surface area contributed by atoms with Gasteiger partial charge >= 0.3 is 0 Å². The van der Waals surface area contributed by atoms with Crippen molar-refractivity contribution in [1.29, 1.82) is 0 Å². The second kappa shape index (κ2) is 11.0. The van der Waals surface area contributed by atoms with Crippen LogP contribution in [-0.2, 0) is 0 Å². The van der Waals surface area contributed by atoms with Crippen LogP contribution in [0.15, 0.2) is 48.5 Å². The highest BCUT2D eigenvalue weighted by molar-refractivity contribution is 5.87. The number of anilines is 1. The van der Waals surface area contributed by atoms with Gasteiger partial charge in [0.2, 0.25) is 0 Å². The Bertz CT molecular complexity index is 1090. The number of rotatable bonds is 8.